The number of carbonyl (C=O) groups is 4. The van der Waals surface area contributed by atoms with Crippen LogP contribution in [-0.2, 0) is 32.0 Å². The lowest BCUT2D eigenvalue weighted by atomic mass is 10.0. The van der Waals surface area contributed by atoms with Gasteiger partial charge in [-0.3, -0.25) is 14.4 Å². The molecule has 0 aliphatic heterocycles. The Balaban J connectivity index is 1.77. The van der Waals surface area contributed by atoms with Crippen molar-refractivity contribution < 1.29 is 33.4 Å². The number of methoxy groups -OCH3 is 1. The molecule has 12 heteroatoms. The van der Waals surface area contributed by atoms with Gasteiger partial charge in [-0.15, -0.1) is 0 Å². The highest BCUT2D eigenvalue weighted by Crippen LogP contribution is 2.24. The van der Waals surface area contributed by atoms with Gasteiger partial charge in [0.15, 0.2) is 0 Å². The second-order valence-electron chi connectivity index (χ2n) is 9.83. The van der Waals surface area contributed by atoms with Gasteiger partial charge in [-0.1, -0.05) is 37.6 Å². The van der Waals surface area contributed by atoms with E-state index in [1.54, 1.807) is 63.2 Å². The van der Waals surface area contributed by atoms with Gasteiger partial charge in [0.05, 0.1) is 25.6 Å². The molecule has 4 N–H and O–H groups in total. The molecule has 0 saturated carbocycles. The molecule has 0 radical (unpaired) electrons. The van der Waals surface area contributed by atoms with Crippen molar-refractivity contribution in [3.8, 4) is 5.75 Å². The number of carboxylic acid groups (broad SMARTS) is 1. The van der Waals surface area contributed by atoms with Crippen molar-refractivity contribution in [2.75, 3.05) is 13.7 Å². The van der Waals surface area contributed by atoms with E-state index in [1.807, 2.05) is 0 Å². The summed E-state index contributed by atoms with van der Waals surface area (Å²) in [4.78, 5) is 62.6. The first-order valence-corrected chi connectivity index (χ1v) is 13.2. The third kappa shape index (κ3) is 8.31. The summed E-state index contributed by atoms with van der Waals surface area (Å²) in [7, 11) is 1.49. The van der Waals surface area contributed by atoms with E-state index in [1.165, 1.54) is 7.11 Å². The number of hydrogen-bond donors (Lipinski definition) is 4. The average Bonchev–Trinajstić information content (AvgIpc) is 2.92. The van der Waals surface area contributed by atoms with Gasteiger partial charge in [-0.05, 0) is 48.2 Å². The Kier molecular flexibility index (Phi) is 10.5. The van der Waals surface area contributed by atoms with Crippen LogP contribution in [0.3, 0.4) is 0 Å². The summed E-state index contributed by atoms with van der Waals surface area (Å²) in [5.74, 6) is -3.04. The molecule has 2 atom stereocenters. The molecule has 3 rings (SSSR count). The summed E-state index contributed by atoms with van der Waals surface area (Å²) in [6, 6.07) is 9.43. The van der Waals surface area contributed by atoms with E-state index in [0.29, 0.717) is 32.9 Å². The number of amides is 3. The van der Waals surface area contributed by atoms with Crippen LogP contribution in [0.25, 0.3) is 11.0 Å². The summed E-state index contributed by atoms with van der Waals surface area (Å²) in [6.45, 7) is 4.49. The lowest BCUT2D eigenvalue weighted by Gasteiger charge is -2.20. The quantitative estimate of drug-likeness (QED) is 0.235. The number of aliphatic carboxylic acids is 1. The highest BCUT2D eigenvalue weighted by atomic mass is 35.5. The van der Waals surface area contributed by atoms with Crippen molar-refractivity contribution in [1.82, 2.24) is 16.0 Å². The van der Waals surface area contributed by atoms with Gasteiger partial charge in [0, 0.05) is 22.9 Å². The number of carbonyl (C=O) groups excluding carboxylic acids is 3. The molecule has 41 heavy (non-hydrogen) atoms. The van der Waals surface area contributed by atoms with Crippen molar-refractivity contribution in [2.45, 2.75) is 45.7 Å². The Morgan fingerprint density at radius 3 is 2.32 bits per heavy atom. The predicted molar refractivity (Wildman–Crippen MR) is 152 cm³/mol. The molecule has 3 amide bonds. The molecule has 1 heterocycles. The smallest absolute Gasteiger partial charge is 0.340 e. The van der Waals surface area contributed by atoms with E-state index < -0.39 is 47.9 Å². The number of ether oxygens (including phenoxy) is 1. The van der Waals surface area contributed by atoms with Crippen molar-refractivity contribution in [2.24, 2.45) is 5.92 Å². The molecule has 0 bridgehead atoms. The first-order chi connectivity index (χ1) is 19.4. The van der Waals surface area contributed by atoms with Gasteiger partial charge in [-0.2, -0.15) is 0 Å². The number of benzene rings is 2. The lowest BCUT2D eigenvalue weighted by molar-refractivity contribution is -0.143. The number of nitrogens with one attached hydrogen (secondary N) is 3. The van der Waals surface area contributed by atoms with Crippen LogP contribution in [0.15, 0.2) is 51.7 Å². The monoisotopic (exact) mass is 585 g/mol. The third-order valence-corrected chi connectivity index (χ3v) is 6.76. The van der Waals surface area contributed by atoms with Gasteiger partial charge in [-0.25, -0.2) is 9.59 Å². The number of rotatable bonds is 12. The second-order valence-corrected chi connectivity index (χ2v) is 10.3. The van der Waals surface area contributed by atoms with Crippen LogP contribution in [0.1, 0.15) is 30.5 Å². The molecule has 2 unspecified atom stereocenters. The fraction of sp³-hybridized carbons (Fsp3) is 0.345. The molecule has 1 aromatic heterocycles. The molecule has 3 aromatic rings. The van der Waals surface area contributed by atoms with Gasteiger partial charge in [0.25, 0.3) is 0 Å². The normalized spacial score (nSPS) is 12.4. The first kappa shape index (κ1) is 31.2. The summed E-state index contributed by atoms with van der Waals surface area (Å²) in [6.07, 6.45) is -0.291. The van der Waals surface area contributed by atoms with E-state index in [4.69, 9.17) is 20.8 Å². The minimum absolute atomic E-state index is 0.0607. The summed E-state index contributed by atoms with van der Waals surface area (Å²) < 4.78 is 10.6. The lowest BCUT2D eigenvalue weighted by Crippen LogP contribution is -2.52. The van der Waals surface area contributed by atoms with Crippen LogP contribution in [0.2, 0.25) is 5.02 Å². The van der Waals surface area contributed by atoms with Gasteiger partial charge in [0.1, 0.15) is 23.4 Å². The van der Waals surface area contributed by atoms with Crippen molar-refractivity contribution >= 4 is 46.3 Å². The fourth-order valence-corrected chi connectivity index (χ4v) is 4.33. The minimum atomic E-state index is -1.19. The van der Waals surface area contributed by atoms with E-state index in [9.17, 15) is 29.1 Å². The van der Waals surface area contributed by atoms with E-state index >= 15 is 0 Å². The molecule has 0 aliphatic rings. The zero-order valence-electron chi connectivity index (χ0n) is 23.1. The Morgan fingerprint density at radius 2 is 1.71 bits per heavy atom. The molecular weight excluding hydrogens is 554 g/mol. The van der Waals surface area contributed by atoms with Crippen LogP contribution in [0.5, 0.6) is 5.75 Å². The second kappa shape index (κ2) is 13.8. The molecule has 0 fully saturated rings. The minimum Gasteiger partial charge on any atom is -0.497 e. The van der Waals surface area contributed by atoms with Gasteiger partial charge >= 0.3 is 11.6 Å². The van der Waals surface area contributed by atoms with Gasteiger partial charge < -0.3 is 30.2 Å². The number of carboxylic acids is 1. The molecular formula is C29H32ClN3O8. The Bertz CT molecular complexity index is 1500. The Labute approximate surface area is 241 Å². The van der Waals surface area contributed by atoms with Crippen LogP contribution >= 0.6 is 11.6 Å². The zero-order chi connectivity index (χ0) is 30.3. The van der Waals surface area contributed by atoms with E-state index in [2.05, 4.69) is 16.0 Å². The van der Waals surface area contributed by atoms with Crippen LogP contribution in [0, 0.1) is 12.8 Å². The predicted octanol–water partition coefficient (Wildman–Crippen LogP) is 2.38. The van der Waals surface area contributed by atoms with Crippen molar-refractivity contribution in [1.29, 1.82) is 0 Å². The summed E-state index contributed by atoms with van der Waals surface area (Å²) in [5.41, 5.74) is 1.00. The molecule has 0 saturated heterocycles. The maximum Gasteiger partial charge on any atom is 0.340 e. The summed E-state index contributed by atoms with van der Waals surface area (Å²) in [5, 5.41) is 17.9. The number of hydrogen-bond acceptors (Lipinski definition) is 7. The molecule has 218 valence electrons. The largest absolute Gasteiger partial charge is 0.497 e. The van der Waals surface area contributed by atoms with Gasteiger partial charge in [0.2, 0.25) is 17.7 Å². The maximum absolute atomic E-state index is 13.1. The highest BCUT2D eigenvalue weighted by molar-refractivity contribution is 6.30. The molecule has 11 nitrogen and oxygen atoms in total. The number of aryl methyl sites for hydroxylation is 1. The van der Waals surface area contributed by atoms with Crippen LogP contribution in [-0.4, -0.2) is 54.5 Å². The Hall–Kier alpha value is -4.38. The van der Waals surface area contributed by atoms with Crippen LogP contribution in [0.4, 0.5) is 0 Å². The Morgan fingerprint density at radius 1 is 1.02 bits per heavy atom. The standard InChI is InChI=1S/C29H32ClN3O8/c1-15(2)26(28(37)38)33-25(35)14-31-27(36)22(11-17-5-7-18(30)8-6-17)32-24(34)13-21-16(3)20-10-9-19(40-4)12-23(20)41-29(21)39/h5-10,12,15,22,26H,11,13-14H2,1-4H3,(H,31,36)(H,32,34)(H,33,35)(H,37,38). The number of halogens is 1. The van der Waals surface area contributed by atoms with E-state index in [-0.39, 0.29) is 24.3 Å². The average molecular weight is 586 g/mol. The topological polar surface area (TPSA) is 164 Å². The molecule has 2 aromatic carbocycles. The molecule has 0 aliphatic carbocycles. The van der Waals surface area contributed by atoms with E-state index in [0.717, 1.165) is 0 Å². The van der Waals surface area contributed by atoms with Crippen molar-refractivity contribution in [3.05, 3.63) is 74.6 Å². The number of fused-ring (bicyclic) bond motifs is 1. The third-order valence-electron chi connectivity index (χ3n) is 6.51. The fourth-order valence-electron chi connectivity index (χ4n) is 4.21. The maximum atomic E-state index is 13.1. The molecule has 0 spiro atoms. The van der Waals surface area contributed by atoms with Crippen molar-refractivity contribution in [3.63, 3.8) is 0 Å². The first-order valence-electron chi connectivity index (χ1n) is 12.8. The zero-order valence-corrected chi connectivity index (χ0v) is 23.8. The summed E-state index contributed by atoms with van der Waals surface area (Å²) >= 11 is 5.96. The SMILES string of the molecule is COc1ccc2c(C)c(CC(=O)NC(Cc3ccc(Cl)cc3)C(=O)NCC(=O)NC(C(=O)O)C(C)C)c(=O)oc2c1. The highest BCUT2D eigenvalue weighted by Gasteiger charge is 2.26. The van der Waals surface area contributed by atoms with Crippen LogP contribution < -0.4 is 26.3 Å².